The number of carbonyl (C=O) groups excluding carboxylic acids is 1. The Morgan fingerprint density at radius 2 is 1.79 bits per heavy atom. The maximum Gasteiger partial charge on any atom is 0.341 e. The van der Waals surface area contributed by atoms with Crippen LogP contribution in [0.25, 0.3) is 11.0 Å². The van der Waals surface area contributed by atoms with Crippen molar-refractivity contribution in [2.24, 2.45) is 0 Å². The number of hydrogen-bond acceptors (Lipinski definition) is 4. The number of rotatable bonds is 7. The van der Waals surface area contributed by atoms with E-state index in [1.807, 2.05) is 48.7 Å². The number of benzene rings is 3. The van der Waals surface area contributed by atoms with Gasteiger partial charge in [0.25, 0.3) is 0 Å². The lowest BCUT2D eigenvalue weighted by Crippen LogP contribution is -2.11. The summed E-state index contributed by atoms with van der Waals surface area (Å²) < 4.78 is 27.8. The van der Waals surface area contributed by atoms with Gasteiger partial charge in [0.2, 0.25) is 0 Å². The van der Waals surface area contributed by atoms with Gasteiger partial charge in [0.15, 0.2) is 0 Å². The number of esters is 1. The summed E-state index contributed by atoms with van der Waals surface area (Å²) in [5.74, 6) is 0.406. The van der Waals surface area contributed by atoms with E-state index in [1.54, 1.807) is 30.3 Å². The number of ether oxygens (including phenoxy) is 2. The van der Waals surface area contributed by atoms with Crippen LogP contribution in [-0.4, -0.2) is 22.6 Å². The highest BCUT2D eigenvalue weighted by atomic mass is 79.9. The van der Waals surface area contributed by atoms with Gasteiger partial charge in [-0.25, -0.2) is 14.2 Å². The second-order valence-electron chi connectivity index (χ2n) is 6.93. The molecule has 0 amide bonds. The Morgan fingerprint density at radius 1 is 1.06 bits per heavy atom. The number of imidazole rings is 1. The zero-order chi connectivity index (χ0) is 23.8. The minimum absolute atomic E-state index is 0.158. The molecule has 172 valence electrons. The molecule has 7 heteroatoms. The molecule has 0 N–H and O–H groups in total. The van der Waals surface area contributed by atoms with E-state index in [0.717, 1.165) is 11.0 Å². The van der Waals surface area contributed by atoms with E-state index in [2.05, 4.69) is 15.9 Å². The molecule has 0 radical (unpaired) electrons. The zero-order valence-electron chi connectivity index (χ0n) is 18.8. The summed E-state index contributed by atoms with van der Waals surface area (Å²) in [5.41, 5.74) is 2.76. The summed E-state index contributed by atoms with van der Waals surface area (Å²) in [7, 11) is 1.33. The number of fused-ring (bicyclic) bond motifs is 1. The van der Waals surface area contributed by atoms with E-state index >= 15 is 0 Å². The fourth-order valence-corrected chi connectivity index (χ4v) is 3.79. The van der Waals surface area contributed by atoms with E-state index in [-0.39, 0.29) is 12.4 Å². The average molecular weight is 513 g/mol. The lowest BCUT2D eigenvalue weighted by Gasteiger charge is -2.13. The molecule has 4 aromatic rings. The van der Waals surface area contributed by atoms with Crippen molar-refractivity contribution in [2.75, 3.05) is 7.11 Å². The second-order valence-corrected chi connectivity index (χ2v) is 7.85. The van der Waals surface area contributed by atoms with Crippen molar-refractivity contribution in [3.05, 3.63) is 94.0 Å². The molecule has 0 saturated heterocycles. The maximum absolute atomic E-state index is 14.3. The van der Waals surface area contributed by atoms with Crippen LogP contribution >= 0.6 is 15.9 Å². The van der Waals surface area contributed by atoms with Crippen molar-refractivity contribution < 1.29 is 18.7 Å². The number of para-hydroxylation sites is 3. The molecule has 0 bridgehead atoms. The van der Waals surface area contributed by atoms with Gasteiger partial charge in [0.1, 0.15) is 29.6 Å². The summed E-state index contributed by atoms with van der Waals surface area (Å²) in [6, 6.07) is 19.8. The monoisotopic (exact) mass is 512 g/mol. The molecule has 0 aliphatic rings. The molecule has 0 saturated carbocycles. The van der Waals surface area contributed by atoms with E-state index in [4.69, 9.17) is 14.5 Å². The summed E-state index contributed by atoms with van der Waals surface area (Å²) >= 11 is 3.29. The predicted molar refractivity (Wildman–Crippen MR) is 131 cm³/mol. The molecule has 3 aromatic carbocycles. The van der Waals surface area contributed by atoms with E-state index < -0.39 is 5.97 Å². The third-order valence-corrected chi connectivity index (χ3v) is 5.50. The quantitative estimate of drug-likeness (QED) is 0.262. The lowest BCUT2D eigenvalue weighted by molar-refractivity contribution is 0.0595. The molecule has 0 aliphatic carbocycles. The first-order valence-electron chi connectivity index (χ1n) is 10.7. The Hall–Kier alpha value is -3.19. The van der Waals surface area contributed by atoms with E-state index in [1.165, 1.54) is 13.2 Å². The number of halogens is 2. The highest BCUT2D eigenvalue weighted by molar-refractivity contribution is 9.10. The minimum Gasteiger partial charge on any atom is -0.485 e. The van der Waals surface area contributed by atoms with Gasteiger partial charge in [-0.3, -0.25) is 0 Å². The summed E-state index contributed by atoms with van der Waals surface area (Å²) in [6.45, 7) is 4.70. The molecule has 0 unspecified atom stereocenters. The fourth-order valence-electron chi connectivity index (χ4n) is 3.46. The molecule has 1 heterocycles. The van der Waals surface area contributed by atoms with Gasteiger partial charge in [-0.1, -0.05) is 60.1 Å². The first kappa shape index (κ1) is 24.5. The fraction of sp³-hybridized carbons (Fsp3) is 0.231. The number of methoxy groups -OCH3 is 1. The van der Waals surface area contributed by atoms with Crippen LogP contribution in [0.5, 0.6) is 5.75 Å². The Balaban J connectivity index is 0.00000149. The normalized spacial score (nSPS) is 10.5. The van der Waals surface area contributed by atoms with Crippen LogP contribution < -0.4 is 4.74 Å². The van der Waals surface area contributed by atoms with Crippen molar-refractivity contribution in [3.63, 3.8) is 0 Å². The van der Waals surface area contributed by atoms with Gasteiger partial charge < -0.3 is 14.0 Å². The van der Waals surface area contributed by atoms with Gasteiger partial charge in [-0.2, -0.15) is 0 Å². The lowest BCUT2D eigenvalue weighted by atomic mass is 10.1. The Morgan fingerprint density at radius 3 is 2.55 bits per heavy atom. The van der Waals surface area contributed by atoms with Crippen molar-refractivity contribution >= 4 is 32.9 Å². The summed E-state index contributed by atoms with van der Waals surface area (Å²) in [4.78, 5) is 16.7. The predicted octanol–water partition coefficient (Wildman–Crippen LogP) is 6.57. The molecule has 33 heavy (non-hydrogen) atoms. The third kappa shape index (κ3) is 5.79. The largest absolute Gasteiger partial charge is 0.485 e. The molecule has 5 nitrogen and oxygen atoms in total. The van der Waals surface area contributed by atoms with Gasteiger partial charge >= 0.3 is 5.97 Å². The molecular formula is C26H26BrFN2O3. The van der Waals surface area contributed by atoms with Crippen molar-refractivity contribution in [1.29, 1.82) is 0 Å². The maximum atomic E-state index is 14.3. The first-order chi connectivity index (χ1) is 16.1. The molecular weight excluding hydrogens is 487 g/mol. The van der Waals surface area contributed by atoms with Crippen molar-refractivity contribution in [1.82, 2.24) is 9.55 Å². The Bertz CT molecular complexity index is 1240. The highest BCUT2D eigenvalue weighted by Crippen LogP contribution is 2.23. The number of aromatic nitrogens is 2. The van der Waals surface area contributed by atoms with Gasteiger partial charge in [0.05, 0.1) is 18.1 Å². The molecule has 4 rings (SSSR count). The van der Waals surface area contributed by atoms with E-state index in [9.17, 15) is 9.18 Å². The average Bonchev–Trinajstić information content (AvgIpc) is 3.20. The second kappa shape index (κ2) is 11.6. The number of carbonyl (C=O) groups is 1. The Labute approximate surface area is 201 Å². The molecule has 1 aromatic heterocycles. The topological polar surface area (TPSA) is 53.4 Å². The number of nitrogens with zero attached hydrogens (tertiary/aromatic N) is 2. The highest BCUT2D eigenvalue weighted by Gasteiger charge is 2.16. The van der Waals surface area contributed by atoms with Crippen LogP contribution in [0, 0.1) is 5.82 Å². The minimum atomic E-state index is -0.463. The van der Waals surface area contributed by atoms with Crippen molar-refractivity contribution in [3.8, 4) is 5.75 Å². The van der Waals surface area contributed by atoms with E-state index in [0.29, 0.717) is 40.1 Å². The van der Waals surface area contributed by atoms with Gasteiger partial charge in [0, 0.05) is 11.0 Å². The van der Waals surface area contributed by atoms with Crippen molar-refractivity contribution in [2.45, 2.75) is 33.4 Å². The SMILES string of the molecule is CC.COC(=O)c1ccccc1OCc1nc2ccccc2n1CCc1ccc(Br)cc1F. The smallest absolute Gasteiger partial charge is 0.341 e. The third-order valence-electron chi connectivity index (χ3n) is 5.00. The zero-order valence-corrected chi connectivity index (χ0v) is 20.4. The molecule has 0 atom stereocenters. The standard InChI is InChI=1S/C24H20BrFN2O3.C2H6/c1-30-24(29)18-6-2-5-9-22(18)31-15-23-27-20-7-3-4-8-21(20)28(23)13-12-16-10-11-17(25)14-19(16)26;1-2/h2-11,14H,12-13,15H2,1H3;1-2H3. The molecule has 0 spiro atoms. The summed E-state index contributed by atoms with van der Waals surface area (Å²) in [5, 5.41) is 0. The Kier molecular flexibility index (Phi) is 8.60. The van der Waals surface area contributed by atoms with Crippen LogP contribution in [0.3, 0.4) is 0 Å². The van der Waals surface area contributed by atoms with Crippen LogP contribution in [0.1, 0.15) is 35.6 Å². The molecule has 0 aliphatic heterocycles. The van der Waals surface area contributed by atoms with Crippen LogP contribution in [0.2, 0.25) is 0 Å². The number of aryl methyl sites for hydroxylation is 2. The molecule has 0 fully saturated rings. The van der Waals surface area contributed by atoms with Crippen LogP contribution in [0.15, 0.2) is 71.2 Å². The van der Waals surface area contributed by atoms with Gasteiger partial charge in [-0.05, 0) is 48.4 Å². The first-order valence-corrected chi connectivity index (χ1v) is 11.5. The van der Waals surface area contributed by atoms with Crippen LogP contribution in [-0.2, 0) is 24.3 Å². The summed E-state index contributed by atoms with van der Waals surface area (Å²) in [6.07, 6.45) is 0.505. The van der Waals surface area contributed by atoms with Gasteiger partial charge in [-0.15, -0.1) is 0 Å². The number of hydrogen-bond donors (Lipinski definition) is 0. The van der Waals surface area contributed by atoms with Crippen LogP contribution in [0.4, 0.5) is 4.39 Å².